The average molecular weight is 385 g/mol. The van der Waals surface area contributed by atoms with E-state index in [9.17, 15) is 4.79 Å². The zero-order chi connectivity index (χ0) is 18.2. The Morgan fingerprint density at radius 3 is 2.54 bits per heavy atom. The first kappa shape index (κ1) is 18.3. The van der Waals surface area contributed by atoms with Crippen molar-refractivity contribution >= 4 is 35.5 Å². The van der Waals surface area contributed by atoms with Gasteiger partial charge in [-0.3, -0.25) is 4.79 Å². The zero-order valence-corrected chi connectivity index (χ0v) is 15.5. The summed E-state index contributed by atoms with van der Waals surface area (Å²) >= 11 is 7.62. The molecule has 0 aliphatic heterocycles. The normalized spacial score (nSPS) is 11.0. The molecule has 26 heavy (non-hydrogen) atoms. The monoisotopic (exact) mass is 384 g/mol. The molecule has 0 spiro atoms. The number of carbonyl (C=O) groups excluding carboxylic acids is 1. The van der Waals surface area contributed by atoms with Crippen LogP contribution in [-0.4, -0.2) is 17.9 Å². The molecule has 1 heterocycles. The number of halogens is 1. The summed E-state index contributed by atoms with van der Waals surface area (Å²) in [5.74, 6) is 1.61. The molecule has 132 valence electrons. The molecule has 0 fully saturated rings. The number of nitrogens with one attached hydrogen (secondary N) is 1. The van der Waals surface area contributed by atoms with Crippen molar-refractivity contribution in [1.29, 1.82) is 0 Å². The lowest BCUT2D eigenvalue weighted by molar-refractivity contribution is -0.118. The summed E-state index contributed by atoms with van der Waals surface area (Å²) in [4.78, 5) is 11.8. The highest BCUT2D eigenvalue weighted by Gasteiger charge is 2.09. The summed E-state index contributed by atoms with van der Waals surface area (Å²) in [6.45, 7) is 0. The predicted molar refractivity (Wildman–Crippen MR) is 107 cm³/mol. The van der Waals surface area contributed by atoms with Gasteiger partial charge in [-0.2, -0.15) is 5.10 Å². The van der Waals surface area contributed by atoms with E-state index in [-0.39, 0.29) is 11.1 Å². The van der Waals surface area contributed by atoms with Crippen LogP contribution >= 0.6 is 23.4 Å². The smallest absolute Gasteiger partial charge is 0.250 e. The third kappa shape index (κ3) is 5.25. The standard InChI is InChI=1S/C20H17ClN2O2S/c21-20-17(11-18(25-20)16-9-5-2-6-10-16)12-22-23-19(24)14-26-13-15-7-3-1-4-8-15/h1-12H,13-14H2,(H,23,24)/b22-12+. The van der Waals surface area contributed by atoms with Gasteiger partial charge in [-0.25, -0.2) is 5.43 Å². The first-order valence-electron chi connectivity index (χ1n) is 8.01. The second-order valence-corrected chi connectivity index (χ2v) is 6.81. The molecule has 1 aromatic heterocycles. The molecule has 6 heteroatoms. The maximum absolute atomic E-state index is 11.8. The van der Waals surface area contributed by atoms with E-state index in [0.29, 0.717) is 17.1 Å². The Labute approximate surface area is 161 Å². The highest BCUT2D eigenvalue weighted by Crippen LogP contribution is 2.27. The molecule has 0 aliphatic rings. The fourth-order valence-corrected chi connectivity index (χ4v) is 3.22. The molecule has 0 saturated carbocycles. The van der Waals surface area contributed by atoms with Gasteiger partial charge in [0.15, 0.2) is 0 Å². The van der Waals surface area contributed by atoms with E-state index in [0.717, 1.165) is 11.3 Å². The van der Waals surface area contributed by atoms with Crippen molar-refractivity contribution in [3.8, 4) is 11.3 Å². The SMILES string of the molecule is O=C(CSCc1ccccc1)N/N=C/c1cc(-c2ccccc2)oc1Cl. The topological polar surface area (TPSA) is 54.6 Å². The highest BCUT2D eigenvalue weighted by molar-refractivity contribution is 7.99. The van der Waals surface area contributed by atoms with Crippen LogP contribution in [-0.2, 0) is 10.5 Å². The molecule has 1 amide bonds. The third-order valence-electron chi connectivity index (χ3n) is 3.51. The minimum Gasteiger partial charge on any atom is -0.444 e. The van der Waals surface area contributed by atoms with Crippen LogP contribution in [0.15, 0.2) is 76.2 Å². The van der Waals surface area contributed by atoms with Crippen LogP contribution in [0.25, 0.3) is 11.3 Å². The van der Waals surface area contributed by atoms with Crippen molar-refractivity contribution in [3.63, 3.8) is 0 Å². The van der Waals surface area contributed by atoms with Gasteiger partial charge in [0.2, 0.25) is 11.1 Å². The van der Waals surface area contributed by atoms with Crippen molar-refractivity contribution in [3.05, 3.63) is 83.1 Å². The van der Waals surface area contributed by atoms with Gasteiger partial charge in [0.25, 0.3) is 0 Å². The van der Waals surface area contributed by atoms with Gasteiger partial charge in [0, 0.05) is 11.3 Å². The predicted octanol–water partition coefficient (Wildman–Crippen LogP) is 4.98. The van der Waals surface area contributed by atoms with E-state index >= 15 is 0 Å². The largest absolute Gasteiger partial charge is 0.444 e. The maximum atomic E-state index is 11.8. The molecule has 3 rings (SSSR count). The summed E-state index contributed by atoms with van der Waals surface area (Å²) in [7, 11) is 0. The quantitative estimate of drug-likeness (QED) is 0.461. The number of carbonyl (C=O) groups is 1. The van der Waals surface area contributed by atoms with Crippen LogP contribution in [0.1, 0.15) is 11.1 Å². The van der Waals surface area contributed by atoms with E-state index in [4.69, 9.17) is 16.0 Å². The molecular formula is C20H17ClN2O2S. The minimum atomic E-state index is -0.162. The second kappa shape index (κ2) is 9.27. The van der Waals surface area contributed by atoms with Gasteiger partial charge in [-0.15, -0.1) is 11.8 Å². The zero-order valence-electron chi connectivity index (χ0n) is 13.9. The molecule has 0 bridgehead atoms. The lowest BCUT2D eigenvalue weighted by Crippen LogP contribution is -2.19. The fraction of sp³-hybridized carbons (Fsp3) is 0.100. The first-order chi connectivity index (χ1) is 12.7. The molecular weight excluding hydrogens is 368 g/mol. The van der Waals surface area contributed by atoms with Crippen LogP contribution in [0.4, 0.5) is 0 Å². The third-order valence-corrected chi connectivity index (χ3v) is 4.81. The van der Waals surface area contributed by atoms with E-state index in [1.54, 1.807) is 6.07 Å². The molecule has 3 aromatic rings. The minimum absolute atomic E-state index is 0.162. The van der Waals surface area contributed by atoms with Crippen molar-refractivity contribution in [2.75, 3.05) is 5.75 Å². The van der Waals surface area contributed by atoms with Crippen molar-refractivity contribution < 1.29 is 9.21 Å². The number of hydrogen-bond donors (Lipinski definition) is 1. The van der Waals surface area contributed by atoms with Gasteiger partial charge in [0.05, 0.1) is 17.5 Å². The van der Waals surface area contributed by atoms with Gasteiger partial charge in [-0.1, -0.05) is 60.7 Å². The Kier molecular flexibility index (Phi) is 6.52. The Morgan fingerprint density at radius 2 is 1.81 bits per heavy atom. The van der Waals surface area contributed by atoms with E-state index < -0.39 is 0 Å². The Morgan fingerprint density at radius 1 is 1.12 bits per heavy atom. The molecule has 0 atom stereocenters. The maximum Gasteiger partial charge on any atom is 0.250 e. The molecule has 0 aliphatic carbocycles. The lowest BCUT2D eigenvalue weighted by atomic mass is 10.1. The first-order valence-corrected chi connectivity index (χ1v) is 9.54. The van der Waals surface area contributed by atoms with E-state index in [1.165, 1.54) is 23.5 Å². The van der Waals surface area contributed by atoms with Gasteiger partial charge in [0.1, 0.15) is 5.76 Å². The lowest BCUT2D eigenvalue weighted by Gasteiger charge is -2.01. The fourth-order valence-electron chi connectivity index (χ4n) is 2.26. The molecule has 1 N–H and O–H groups in total. The Hall–Kier alpha value is -2.50. The molecule has 2 aromatic carbocycles. The molecule has 4 nitrogen and oxygen atoms in total. The summed E-state index contributed by atoms with van der Waals surface area (Å²) in [5, 5.41) is 4.19. The van der Waals surface area contributed by atoms with Crippen LogP contribution < -0.4 is 5.43 Å². The number of hydrazone groups is 1. The van der Waals surface area contributed by atoms with Crippen LogP contribution in [0.3, 0.4) is 0 Å². The van der Waals surface area contributed by atoms with Crippen LogP contribution in [0.5, 0.6) is 0 Å². The van der Waals surface area contributed by atoms with E-state index in [1.807, 2.05) is 60.7 Å². The second-order valence-electron chi connectivity index (χ2n) is 5.48. The van der Waals surface area contributed by atoms with Gasteiger partial charge < -0.3 is 4.42 Å². The summed E-state index contributed by atoms with van der Waals surface area (Å²) in [5.41, 5.74) is 5.23. The summed E-state index contributed by atoms with van der Waals surface area (Å²) in [6.07, 6.45) is 1.48. The number of nitrogens with zero attached hydrogens (tertiary/aromatic N) is 1. The molecule has 0 saturated heterocycles. The van der Waals surface area contributed by atoms with Crippen molar-refractivity contribution in [2.24, 2.45) is 5.10 Å². The van der Waals surface area contributed by atoms with Crippen molar-refractivity contribution in [2.45, 2.75) is 5.75 Å². The average Bonchev–Trinajstić information content (AvgIpc) is 3.04. The Balaban J connectivity index is 1.49. The van der Waals surface area contributed by atoms with E-state index in [2.05, 4.69) is 10.5 Å². The van der Waals surface area contributed by atoms with Crippen LogP contribution in [0, 0.1) is 0 Å². The number of hydrogen-bond acceptors (Lipinski definition) is 4. The molecule has 0 radical (unpaired) electrons. The highest BCUT2D eigenvalue weighted by atomic mass is 35.5. The number of benzene rings is 2. The molecule has 0 unspecified atom stereocenters. The summed E-state index contributed by atoms with van der Waals surface area (Å²) in [6, 6.07) is 21.4. The number of rotatable bonds is 7. The summed E-state index contributed by atoms with van der Waals surface area (Å²) < 4.78 is 5.53. The number of furan rings is 1. The van der Waals surface area contributed by atoms with Gasteiger partial charge >= 0.3 is 0 Å². The van der Waals surface area contributed by atoms with Crippen molar-refractivity contribution in [1.82, 2.24) is 5.43 Å². The van der Waals surface area contributed by atoms with Gasteiger partial charge in [-0.05, 0) is 23.2 Å². The van der Waals surface area contributed by atoms with Crippen LogP contribution in [0.2, 0.25) is 5.22 Å². The number of thioether (sulfide) groups is 1. The Bertz CT molecular complexity index is 879. The number of amides is 1.